The Hall–Kier alpha value is -2.50. The Morgan fingerprint density at radius 3 is 1.56 bits per heavy atom. The van der Waals surface area contributed by atoms with Crippen molar-refractivity contribution >= 4 is 11.9 Å². The molecule has 1 N–H and O–H groups in total. The van der Waals surface area contributed by atoms with E-state index in [9.17, 15) is 67.4 Å². The lowest BCUT2D eigenvalue weighted by molar-refractivity contribution is -0.419. The molecule has 0 aromatic rings. The van der Waals surface area contributed by atoms with Crippen molar-refractivity contribution in [2.24, 2.45) is 11.8 Å². The normalized spacial score (nSPS) is 22.9. The number of hydrogen-bond acceptors (Lipinski definition) is 6. The maximum Gasteiger partial charge on any atom is 0.430 e. The predicted molar refractivity (Wildman–Crippen MR) is 130 cm³/mol. The van der Waals surface area contributed by atoms with Crippen molar-refractivity contribution in [1.82, 2.24) is 0 Å². The van der Waals surface area contributed by atoms with E-state index in [1.165, 1.54) is 0 Å². The molecule has 2 aliphatic rings. The van der Waals surface area contributed by atoms with Crippen LogP contribution in [0.4, 0.5) is 52.7 Å². The zero-order chi connectivity index (χ0) is 35.2. The molecule has 4 atom stereocenters. The van der Waals surface area contributed by atoms with E-state index in [1.807, 2.05) is 0 Å². The van der Waals surface area contributed by atoms with Gasteiger partial charge in [-0.25, -0.2) is 9.59 Å². The van der Waals surface area contributed by atoms with E-state index >= 15 is 0 Å². The van der Waals surface area contributed by atoms with E-state index in [-0.39, 0.29) is 32.6 Å². The fourth-order valence-electron chi connectivity index (χ4n) is 5.94. The van der Waals surface area contributed by atoms with Crippen LogP contribution in [0.3, 0.4) is 0 Å². The van der Waals surface area contributed by atoms with E-state index in [2.05, 4.69) is 22.6 Å². The number of halogens is 12. The summed E-state index contributed by atoms with van der Waals surface area (Å²) in [5, 5.41) is 10.2. The van der Waals surface area contributed by atoms with Gasteiger partial charge in [0.25, 0.3) is 11.2 Å². The van der Waals surface area contributed by atoms with Gasteiger partial charge in [-0.15, -0.1) is 0 Å². The summed E-state index contributed by atoms with van der Waals surface area (Å²) in [6.07, 6.45) is -35.1. The first-order valence-corrected chi connectivity index (χ1v) is 13.5. The molecule has 0 heterocycles. The van der Waals surface area contributed by atoms with Crippen molar-refractivity contribution in [3.8, 4) is 0 Å². The third-order valence-corrected chi connectivity index (χ3v) is 8.36. The smallest absolute Gasteiger partial charge is 0.430 e. The number of carbonyl (C=O) groups is 2. The van der Waals surface area contributed by atoms with Crippen LogP contribution in [-0.2, 0) is 23.8 Å². The number of rotatable bonds is 10. The Bertz CT molecular complexity index is 1110. The highest BCUT2D eigenvalue weighted by Gasteiger charge is 2.82. The van der Waals surface area contributed by atoms with Crippen molar-refractivity contribution in [3.05, 3.63) is 24.3 Å². The lowest BCUT2D eigenvalue weighted by atomic mass is 9.72. The number of esters is 2. The van der Waals surface area contributed by atoms with E-state index < -0.39 is 108 Å². The minimum atomic E-state index is -6.61. The van der Waals surface area contributed by atoms with Gasteiger partial charge in [-0.1, -0.05) is 26.0 Å². The van der Waals surface area contributed by atoms with E-state index in [1.54, 1.807) is 0 Å². The molecule has 0 bridgehead atoms. The van der Waals surface area contributed by atoms with Crippen LogP contribution in [0.2, 0.25) is 0 Å². The van der Waals surface area contributed by atoms with Crippen LogP contribution < -0.4 is 0 Å². The first kappa shape index (κ1) is 38.7. The van der Waals surface area contributed by atoms with E-state index in [0.717, 1.165) is 13.8 Å². The number of alkyl halides is 12. The maximum atomic E-state index is 14.7. The van der Waals surface area contributed by atoms with Crippen molar-refractivity contribution < 1.29 is 81.6 Å². The van der Waals surface area contributed by atoms with Crippen LogP contribution in [0.1, 0.15) is 65.7 Å². The largest absolute Gasteiger partial charge is 0.455 e. The SMILES string of the molecule is C=C(C)C(=O)OC(C1CCCC1)C(OC1CCC(C(C)(OC(=O)C(=C)C)C(O)(C(F)(F)F)C(F)(F)F)C1)(C(F)(F)F)C(F)(F)F. The first-order chi connectivity index (χ1) is 20.1. The molecule has 0 aliphatic heterocycles. The molecule has 260 valence electrons. The molecule has 4 unspecified atom stereocenters. The molecule has 0 amide bonds. The molecule has 0 aromatic heterocycles. The minimum absolute atomic E-state index is 0.0264. The predicted octanol–water partition coefficient (Wildman–Crippen LogP) is 7.45. The number of hydrogen-bond donors (Lipinski definition) is 1. The second-order valence-electron chi connectivity index (χ2n) is 11.6. The molecular formula is C27H32F12O6. The van der Waals surface area contributed by atoms with Crippen molar-refractivity contribution in [3.63, 3.8) is 0 Å². The summed E-state index contributed by atoms with van der Waals surface area (Å²) >= 11 is 0. The fraction of sp³-hybridized carbons (Fsp3) is 0.778. The van der Waals surface area contributed by atoms with Crippen LogP contribution in [0.15, 0.2) is 24.3 Å². The highest BCUT2D eigenvalue weighted by Crippen LogP contribution is 2.58. The summed E-state index contributed by atoms with van der Waals surface area (Å²) < 4.78 is 186. The standard InChI is InChI=1S/C27H32F12O6/c1-13(2)19(40)43-18(15-8-6-7-9-15)22(24(28,29)30,25(31,32)33)44-17-11-10-16(12-17)21(5,45-20(41)14(3)4)23(42,26(34,35)36)27(37,38)39/h15-18,42H,1,3,6-12H2,2,4-5H3. The van der Waals surface area contributed by atoms with Gasteiger partial charge in [0.1, 0.15) is 0 Å². The highest BCUT2D eigenvalue weighted by atomic mass is 19.4. The van der Waals surface area contributed by atoms with Crippen molar-refractivity contribution in [1.29, 1.82) is 0 Å². The second kappa shape index (κ2) is 12.6. The van der Waals surface area contributed by atoms with Crippen LogP contribution in [-0.4, -0.2) is 70.8 Å². The molecular weight excluding hydrogens is 648 g/mol. The zero-order valence-electron chi connectivity index (χ0n) is 24.2. The Kier molecular flexibility index (Phi) is 10.8. The van der Waals surface area contributed by atoms with Crippen LogP contribution in [0, 0.1) is 11.8 Å². The number of aliphatic hydroxyl groups is 1. The minimum Gasteiger partial charge on any atom is -0.455 e. The van der Waals surface area contributed by atoms with Gasteiger partial charge in [0.05, 0.1) is 6.10 Å². The van der Waals surface area contributed by atoms with Gasteiger partial charge in [0, 0.05) is 17.1 Å². The van der Waals surface area contributed by atoms with Gasteiger partial charge in [-0.3, -0.25) is 0 Å². The Morgan fingerprint density at radius 2 is 1.18 bits per heavy atom. The molecule has 2 aliphatic carbocycles. The first-order valence-electron chi connectivity index (χ1n) is 13.5. The van der Waals surface area contributed by atoms with Crippen molar-refractivity contribution in [2.75, 3.05) is 0 Å². The average molecular weight is 681 g/mol. The average Bonchev–Trinajstić information content (AvgIpc) is 3.55. The zero-order valence-corrected chi connectivity index (χ0v) is 24.2. The molecule has 0 aromatic carbocycles. The van der Waals surface area contributed by atoms with Crippen LogP contribution in [0.25, 0.3) is 0 Å². The number of carbonyl (C=O) groups excluding carboxylic acids is 2. The van der Waals surface area contributed by atoms with Gasteiger partial charge >= 0.3 is 36.6 Å². The summed E-state index contributed by atoms with van der Waals surface area (Å²) in [6.45, 7) is 8.00. The van der Waals surface area contributed by atoms with Crippen LogP contribution >= 0.6 is 0 Å². The summed E-state index contributed by atoms with van der Waals surface area (Å²) in [5.74, 6) is -7.41. The summed E-state index contributed by atoms with van der Waals surface area (Å²) in [4.78, 5) is 24.5. The molecule has 18 heteroatoms. The quantitative estimate of drug-likeness (QED) is 0.147. The molecule has 0 saturated heterocycles. The van der Waals surface area contributed by atoms with E-state index in [4.69, 9.17) is 4.74 Å². The monoisotopic (exact) mass is 680 g/mol. The topological polar surface area (TPSA) is 82.1 Å². The Balaban J connectivity index is 2.72. The van der Waals surface area contributed by atoms with Gasteiger partial charge < -0.3 is 19.3 Å². The highest BCUT2D eigenvalue weighted by molar-refractivity contribution is 5.87. The summed E-state index contributed by atoms with van der Waals surface area (Å²) in [5.41, 5.74) is -16.5. The molecule has 6 nitrogen and oxygen atoms in total. The number of ether oxygens (including phenoxy) is 3. The van der Waals surface area contributed by atoms with Gasteiger partial charge in [-0.2, -0.15) is 52.7 Å². The fourth-order valence-corrected chi connectivity index (χ4v) is 5.94. The summed E-state index contributed by atoms with van der Waals surface area (Å²) in [7, 11) is 0. The molecule has 45 heavy (non-hydrogen) atoms. The lowest BCUT2D eigenvalue weighted by Crippen LogP contribution is -2.73. The molecule has 0 spiro atoms. The van der Waals surface area contributed by atoms with Crippen LogP contribution in [0.5, 0.6) is 0 Å². The Morgan fingerprint density at radius 1 is 0.733 bits per heavy atom. The second-order valence-corrected chi connectivity index (χ2v) is 11.6. The van der Waals surface area contributed by atoms with E-state index in [0.29, 0.717) is 0 Å². The lowest BCUT2D eigenvalue weighted by Gasteiger charge is -2.48. The third-order valence-electron chi connectivity index (χ3n) is 8.36. The van der Waals surface area contributed by atoms with Gasteiger partial charge in [-0.05, 0) is 58.8 Å². The van der Waals surface area contributed by atoms with Crippen molar-refractivity contribution in [2.45, 2.75) is 119 Å². The molecule has 2 saturated carbocycles. The van der Waals surface area contributed by atoms with Gasteiger partial charge in [0.15, 0.2) is 11.7 Å². The maximum absolute atomic E-state index is 14.7. The molecule has 0 radical (unpaired) electrons. The molecule has 2 rings (SSSR count). The molecule has 2 fully saturated rings. The third kappa shape index (κ3) is 6.95. The van der Waals surface area contributed by atoms with Gasteiger partial charge in [0.2, 0.25) is 0 Å². The Labute approximate surface area is 249 Å². The summed E-state index contributed by atoms with van der Waals surface area (Å²) in [6, 6.07) is 0.